The first kappa shape index (κ1) is 21.8. The largest absolute Gasteiger partial charge is 0.478 e. The van der Waals surface area contributed by atoms with E-state index in [2.05, 4.69) is 4.99 Å². The molecule has 1 N–H and O–H groups in total. The standard InChI is InChI=1S/C27H16ClNO4S/c28-24-20-7-3-4-8-23(20)34-25(24)27(32)33-22-14-11-16-5-1-2-6-19(16)21(22)15-29-18-12-9-17(10-13-18)26(30)31/h1-15H,(H,30,31). The zero-order chi connectivity index (χ0) is 23.7. The molecule has 0 aliphatic heterocycles. The van der Waals surface area contributed by atoms with Crippen molar-refractivity contribution in [3.05, 3.63) is 106 Å². The number of thiophene rings is 1. The molecule has 0 radical (unpaired) electrons. The van der Waals surface area contributed by atoms with Gasteiger partial charge in [0.2, 0.25) is 0 Å². The Hall–Kier alpha value is -4.00. The molecule has 1 heterocycles. The number of aliphatic imine (C=N–C) groups is 1. The molecule has 166 valence electrons. The van der Waals surface area contributed by atoms with Gasteiger partial charge in [-0.2, -0.15) is 0 Å². The SMILES string of the molecule is O=C(O)c1ccc(N=Cc2c(OC(=O)c3sc4ccccc4c3Cl)ccc3ccccc23)cc1. The van der Waals surface area contributed by atoms with Crippen molar-refractivity contribution in [2.45, 2.75) is 0 Å². The van der Waals surface area contributed by atoms with E-state index in [1.54, 1.807) is 24.4 Å². The molecule has 34 heavy (non-hydrogen) atoms. The van der Waals surface area contributed by atoms with Gasteiger partial charge in [-0.1, -0.05) is 60.1 Å². The molecule has 0 amide bonds. The molecule has 0 saturated heterocycles. The summed E-state index contributed by atoms with van der Waals surface area (Å²) in [5.74, 6) is -1.19. The highest BCUT2D eigenvalue weighted by Crippen LogP contribution is 2.36. The molecule has 4 aromatic carbocycles. The van der Waals surface area contributed by atoms with Crippen molar-refractivity contribution >= 4 is 67.6 Å². The van der Waals surface area contributed by atoms with Crippen molar-refractivity contribution in [3.63, 3.8) is 0 Å². The van der Waals surface area contributed by atoms with Crippen LogP contribution in [0.1, 0.15) is 25.6 Å². The van der Waals surface area contributed by atoms with E-state index in [1.165, 1.54) is 23.5 Å². The maximum atomic E-state index is 13.1. The Morgan fingerprint density at radius 3 is 2.32 bits per heavy atom. The lowest BCUT2D eigenvalue weighted by molar-refractivity contribution is 0.0694. The molecular formula is C27H16ClNO4S. The number of ether oxygens (including phenoxy) is 1. The monoisotopic (exact) mass is 485 g/mol. The van der Waals surface area contributed by atoms with E-state index < -0.39 is 11.9 Å². The highest BCUT2D eigenvalue weighted by molar-refractivity contribution is 7.21. The zero-order valence-electron chi connectivity index (χ0n) is 17.6. The zero-order valence-corrected chi connectivity index (χ0v) is 19.1. The molecule has 0 bridgehead atoms. The molecule has 5 rings (SSSR count). The van der Waals surface area contributed by atoms with Gasteiger partial charge in [0.25, 0.3) is 0 Å². The van der Waals surface area contributed by atoms with E-state index >= 15 is 0 Å². The quantitative estimate of drug-likeness (QED) is 0.160. The van der Waals surface area contributed by atoms with E-state index in [0.29, 0.717) is 26.9 Å². The summed E-state index contributed by atoms with van der Waals surface area (Å²) in [5, 5.41) is 12.1. The van der Waals surface area contributed by atoms with E-state index in [9.17, 15) is 9.59 Å². The van der Waals surface area contributed by atoms with Crippen LogP contribution in [0, 0.1) is 0 Å². The summed E-state index contributed by atoms with van der Waals surface area (Å²) in [5.41, 5.74) is 1.38. The van der Waals surface area contributed by atoms with Gasteiger partial charge in [0.1, 0.15) is 10.6 Å². The molecular weight excluding hydrogens is 470 g/mol. The van der Waals surface area contributed by atoms with Gasteiger partial charge in [-0.3, -0.25) is 4.99 Å². The Kier molecular flexibility index (Phi) is 5.84. The number of benzene rings is 4. The number of carbonyl (C=O) groups is 2. The maximum absolute atomic E-state index is 13.1. The molecule has 0 aliphatic carbocycles. The smallest absolute Gasteiger partial charge is 0.355 e. The lowest BCUT2D eigenvalue weighted by Gasteiger charge is -2.10. The van der Waals surface area contributed by atoms with Crippen LogP contribution in [0.2, 0.25) is 5.02 Å². The second kappa shape index (κ2) is 9.09. The van der Waals surface area contributed by atoms with E-state index in [-0.39, 0.29) is 5.56 Å². The van der Waals surface area contributed by atoms with Gasteiger partial charge in [-0.05, 0) is 47.2 Å². The number of nitrogens with zero attached hydrogens (tertiary/aromatic N) is 1. The van der Waals surface area contributed by atoms with Crippen LogP contribution in [0.3, 0.4) is 0 Å². The molecule has 0 fully saturated rings. The number of fused-ring (bicyclic) bond motifs is 2. The predicted molar refractivity (Wildman–Crippen MR) is 136 cm³/mol. The van der Waals surface area contributed by atoms with Gasteiger partial charge < -0.3 is 9.84 Å². The fourth-order valence-electron chi connectivity index (χ4n) is 3.62. The Labute approximate surface area is 203 Å². The van der Waals surface area contributed by atoms with Gasteiger partial charge >= 0.3 is 11.9 Å². The second-order valence-corrected chi connectivity index (χ2v) is 8.87. The lowest BCUT2D eigenvalue weighted by atomic mass is 10.0. The Morgan fingerprint density at radius 2 is 1.59 bits per heavy atom. The summed E-state index contributed by atoms with van der Waals surface area (Å²) < 4.78 is 6.71. The van der Waals surface area contributed by atoms with Crippen molar-refractivity contribution in [3.8, 4) is 5.75 Å². The number of hydrogen-bond acceptors (Lipinski definition) is 5. The number of aromatic carboxylic acids is 1. The van der Waals surface area contributed by atoms with Crippen LogP contribution in [-0.2, 0) is 0 Å². The number of esters is 1. The van der Waals surface area contributed by atoms with Crippen LogP contribution in [-0.4, -0.2) is 23.3 Å². The third kappa shape index (κ3) is 4.17. The van der Waals surface area contributed by atoms with Crippen LogP contribution in [0.4, 0.5) is 5.69 Å². The maximum Gasteiger partial charge on any atom is 0.355 e. The lowest BCUT2D eigenvalue weighted by Crippen LogP contribution is -2.09. The highest BCUT2D eigenvalue weighted by Gasteiger charge is 2.20. The van der Waals surface area contributed by atoms with Gasteiger partial charge in [-0.15, -0.1) is 11.3 Å². The van der Waals surface area contributed by atoms with Crippen molar-refractivity contribution in [2.75, 3.05) is 0 Å². The molecule has 0 unspecified atom stereocenters. The summed E-state index contributed by atoms with van der Waals surface area (Å²) in [6.07, 6.45) is 1.62. The van der Waals surface area contributed by atoms with Crippen molar-refractivity contribution in [1.82, 2.24) is 0 Å². The van der Waals surface area contributed by atoms with Crippen molar-refractivity contribution in [1.29, 1.82) is 0 Å². The topological polar surface area (TPSA) is 76.0 Å². The summed E-state index contributed by atoms with van der Waals surface area (Å²) in [7, 11) is 0. The summed E-state index contributed by atoms with van der Waals surface area (Å²) >= 11 is 7.76. The minimum atomic E-state index is -1.00. The van der Waals surface area contributed by atoms with E-state index in [1.807, 2.05) is 54.6 Å². The number of carboxylic acid groups (broad SMARTS) is 1. The second-order valence-electron chi connectivity index (χ2n) is 7.44. The number of rotatable bonds is 5. The van der Waals surface area contributed by atoms with Gasteiger partial charge in [0, 0.05) is 21.9 Å². The Balaban J connectivity index is 1.53. The number of hydrogen-bond donors (Lipinski definition) is 1. The molecule has 0 saturated carbocycles. The molecule has 5 nitrogen and oxygen atoms in total. The summed E-state index contributed by atoms with van der Waals surface area (Å²) in [6.45, 7) is 0. The average molecular weight is 486 g/mol. The van der Waals surface area contributed by atoms with E-state index in [4.69, 9.17) is 21.4 Å². The first-order chi connectivity index (χ1) is 16.5. The molecule has 0 spiro atoms. The molecule has 0 aliphatic rings. The van der Waals surface area contributed by atoms with Gasteiger partial charge in [-0.25, -0.2) is 9.59 Å². The van der Waals surface area contributed by atoms with Crippen LogP contribution in [0.25, 0.3) is 20.9 Å². The number of carboxylic acids is 1. The summed E-state index contributed by atoms with van der Waals surface area (Å²) in [4.78, 5) is 29.0. The molecule has 5 aromatic rings. The molecule has 0 atom stereocenters. The highest BCUT2D eigenvalue weighted by atomic mass is 35.5. The Bertz CT molecular complexity index is 1590. The Morgan fingerprint density at radius 1 is 0.882 bits per heavy atom. The normalized spacial score (nSPS) is 11.3. The average Bonchev–Trinajstić information content (AvgIpc) is 3.20. The van der Waals surface area contributed by atoms with Crippen LogP contribution >= 0.6 is 22.9 Å². The number of halogens is 1. The van der Waals surface area contributed by atoms with Crippen LogP contribution < -0.4 is 4.74 Å². The van der Waals surface area contributed by atoms with Crippen LogP contribution in [0.15, 0.2) is 89.9 Å². The predicted octanol–water partition coefficient (Wildman–Crippen LogP) is 7.38. The first-order valence-electron chi connectivity index (χ1n) is 10.3. The fraction of sp³-hybridized carbons (Fsp3) is 0. The minimum Gasteiger partial charge on any atom is -0.478 e. The fourth-order valence-corrected chi connectivity index (χ4v) is 5.00. The number of carbonyl (C=O) groups excluding carboxylic acids is 1. The first-order valence-corrected chi connectivity index (χ1v) is 11.5. The third-order valence-corrected chi connectivity index (χ3v) is 6.97. The van der Waals surface area contributed by atoms with Crippen molar-refractivity contribution in [2.24, 2.45) is 4.99 Å². The van der Waals surface area contributed by atoms with Crippen molar-refractivity contribution < 1.29 is 19.4 Å². The minimum absolute atomic E-state index is 0.180. The van der Waals surface area contributed by atoms with Gasteiger partial charge in [0.05, 0.1) is 16.3 Å². The van der Waals surface area contributed by atoms with Crippen LogP contribution in [0.5, 0.6) is 5.75 Å². The van der Waals surface area contributed by atoms with E-state index in [0.717, 1.165) is 20.9 Å². The van der Waals surface area contributed by atoms with Gasteiger partial charge in [0.15, 0.2) is 0 Å². The molecule has 1 aromatic heterocycles. The summed E-state index contributed by atoms with van der Waals surface area (Å²) in [6, 6.07) is 25.1. The molecule has 7 heteroatoms. The third-order valence-electron chi connectivity index (χ3n) is 5.31.